The summed E-state index contributed by atoms with van der Waals surface area (Å²) in [6.45, 7) is 1.57. The monoisotopic (exact) mass is 277 g/mol. The summed E-state index contributed by atoms with van der Waals surface area (Å²) >= 11 is 0. The van der Waals surface area contributed by atoms with Crippen molar-refractivity contribution in [3.63, 3.8) is 0 Å². The van der Waals surface area contributed by atoms with Crippen LogP contribution in [0.5, 0.6) is 0 Å². The molecule has 4 nitrogen and oxygen atoms in total. The lowest BCUT2D eigenvalue weighted by atomic mass is 9.82. The lowest BCUT2D eigenvalue weighted by Gasteiger charge is -2.24. The summed E-state index contributed by atoms with van der Waals surface area (Å²) in [5.41, 5.74) is 0.729. The Morgan fingerprint density at radius 1 is 1.25 bits per heavy atom. The summed E-state index contributed by atoms with van der Waals surface area (Å²) in [5, 5.41) is 11.8. The molecule has 1 aliphatic carbocycles. The maximum absolute atomic E-state index is 13.4. The summed E-state index contributed by atoms with van der Waals surface area (Å²) in [7, 11) is 0. The molecule has 1 aromatic carbocycles. The highest BCUT2D eigenvalue weighted by atomic mass is 19.1. The molecule has 106 valence electrons. The quantitative estimate of drug-likeness (QED) is 0.835. The number of anilines is 1. The van der Waals surface area contributed by atoms with Crippen molar-refractivity contribution in [1.29, 1.82) is 0 Å². The van der Waals surface area contributed by atoms with Crippen molar-refractivity contribution in [1.82, 2.24) is 0 Å². The average Bonchev–Trinajstić information content (AvgIpc) is 2.43. The number of hydrogen-bond donors (Lipinski definition) is 2. The second-order valence-corrected chi connectivity index (χ2v) is 4.90. The first kappa shape index (κ1) is 14.2. The van der Waals surface area contributed by atoms with E-state index >= 15 is 0 Å². The van der Waals surface area contributed by atoms with Crippen LogP contribution in [0.15, 0.2) is 30.4 Å². The van der Waals surface area contributed by atoms with E-state index in [1.807, 2.05) is 6.08 Å². The van der Waals surface area contributed by atoms with Gasteiger partial charge < -0.3 is 10.4 Å². The summed E-state index contributed by atoms with van der Waals surface area (Å²) in [5.74, 6) is -3.11. The second-order valence-electron chi connectivity index (χ2n) is 4.90. The zero-order valence-electron chi connectivity index (χ0n) is 11.1. The topological polar surface area (TPSA) is 66.4 Å². The van der Waals surface area contributed by atoms with Crippen molar-refractivity contribution >= 4 is 17.6 Å². The molecule has 0 spiro atoms. The number of carboxylic acids is 1. The molecule has 5 heteroatoms. The van der Waals surface area contributed by atoms with Crippen LogP contribution in [-0.2, 0) is 9.59 Å². The SMILES string of the molecule is Cc1c(F)cccc1NC(=O)C1CC=CCC1C(=O)O. The van der Waals surface area contributed by atoms with Crippen molar-refractivity contribution in [3.8, 4) is 0 Å². The smallest absolute Gasteiger partial charge is 0.307 e. The van der Waals surface area contributed by atoms with Gasteiger partial charge in [0.2, 0.25) is 5.91 Å². The molecule has 0 bridgehead atoms. The Hall–Kier alpha value is -2.17. The third-order valence-corrected chi connectivity index (χ3v) is 3.61. The standard InChI is InChI=1S/C15H16FNO3/c1-9-12(16)7-4-8-13(9)17-14(18)10-5-2-3-6-11(10)15(19)20/h2-4,7-8,10-11H,5-6H2,1H3,(H,17,18)(H,19,20). The number of rotatable bonds is 3. The van der Waals surface area contributed by atoms with Crippen molar-refractivity contribution in [2.24, 2.45) is 11.8 Å². The summed E-state index contributed by atoms with van der Waals surface area (Å²) in [6, 6.07) is 4.42. The first-order valence-corrected chi connectivity index (χ1v) is 6.44. The van der Waals surface area contributed by atoms with Crippen molar-refractivity contribution in [3.05, 3.63) is 41.7 Å². The van der Waals surface area contributed by atoms with Gasteiger partial charge in [0.1, 0.15) is 5.82 Å². The fraction of sp³-hybridized carbons (Fsp3) is 0.333. The number of aliphatic carboxylic acids is 1. The molecule has 0 radical (unpaired) electrons. The molecule has 2 N–H and O–H groups in total. The molecule has 0 fully saturated rings. The van der Waals surface area contributed by atoms with Gasteiger partial charge in [-0.3, -0.25) is 9.59 Å². The fourth-order valence-corrected chi connectivity index (χ4v) is 2.35. The van der Waals surface area contributed by atoms with Crippen molar-refractivity contribution in [2.75, 3.05) is 5.32 Å². The second kappa shape index (κ2) is 5.86. The number of amides is 1. The Labute approximate surface area is 116 Å². The van der Waals surface area contributed by atoms with E-state index in [0.717, 1.165) is 0 Å². The van der Waals surface area contributed by atoms with E-state index in [1.165, 1.54) is 12.1 Å². The van der Waals surface area contributed by atoms with Gasteiger partial charge >= 0.3 is 5.97 Å². The Morgan fingerprint density at radius 3 is 2.55 bits per heavy atom. The Balaban J connectivity index is 2.17. The lowest BCUT2D eigenvalue weighted by Crippen LogP contribution is -2.34. The zero-order chi connectivity index (χ0) is 14.7. The Bertz CT molecular complexity index is 568. The van der Waals surface area contributed by atoms with Gasteiger partial charge in [-0.15, -0.1) is 0 Å². The van der Waals surface area contributed by atoms with E-state index in [2.05, 4.69) is 5.32 Å². The number of halogens is 1. The molecule has 1 aliphatic rings. The van der Waals surface area contributed by atoms with E-state index < -0.39 is 23.6 Å². The van der Waals surface area contributed by atoms with Crippen molar-refractivity contribution < 1.29 is 19.1 Å². The van der Waals surface area contributed by atoms with E-state index in [0.29, 0.717) is 24.1 Å². The molecular weight excluding hydrogens is 261 g/mol. The van der Waals surface area contributed by atoms with Crippen LogP contribution in [0.25, 0.3) is 0 Å². The lowest BCUT2D eigenvalue weighted by molar-refractivity contribution is -0.146. The molecule has 2 unspecified atom stereocenters. The van der Waals surface area contributed by atoms with Gasteiger partial charge in [0.15, 0.2) is 0 Å². The average molecular weight is 277 g/mol. The van der Waals surface area contributed by atoms with Crippen LogP contribution in [-0.4, -0.2) is 17.0 Å². The van der Waals surface area contributed by atoms with Gasteiger partial charge in [0, 0.05) is 11.3 Å². The number of carbonyl (C=O) groups excluding carboxylic acids is 1. The largest absolute Gasteiger partial charge is 0.481 e. The predicted molar refractivity (Wildman–Crippen MR) is 72.8 cm³/mol. The van der Waals surface area contributed by atoms with Crippen LogP contribution >= 0.6 is 0 Å². The number of carboxylic acid groups (broad SMARTS) is 1. The number of hydrogen-bond acceptors (Lipinski definition) is 2. The van der Waals surface area contributed by atoms with Gasteiger partial charge in [-0.05, 0) is 31.9 Å². The number of carbonyl (C=O) groups is 2. The van der Waals surface area contributed by atoms with Crippen LogP contribution < -0.4 is 5.32 Å². The van der Waals surface area contributed by atoms with Crippen molar-refractivity contribution in [2.45, 2.75) is 19.8 Å². The van der Waals surface area contributed by atoms with E-state index in [1.54, 1.807) is 19.1 Å². The molecule has 20 heavy (non-hydrogen) atoms. The molecule has 0 aliphatic heterocycles. The van der Waals surface area contributed by atoms with Gasteiger partial charge in [-0.2, -0.15) is 0 Å². The molecule has 2 atom stereocenters. The normalized spacial score (nSPS) is 21.5. The van der Waals surface area contributed by atoms with Crippen LogP contribution in [0.2, 0.25) is 0 Å². The van der Waals surface area contributed by atoms with Crippen LogP contribution in [0.3, 0.4) is 0 Å². The molecular formula is C15H16FNO3. The minimum Gasteiger partial charge on any atom is -0.481 e. The highest BCUT2D eigenvalue weighted by molar-refractivity contribution is 5.96. The fourth-order valence-electron chi connectivity index (χ4n) is 2.35. The first-order valence-electron chi connectivity index (χ1n) is 6.44. The summed E-state index contributed by atoms with van der Waals surface area (Å²) in [6.07, 6.45) is 4.31. The number of allylic oxidation sites excluding steroid dienone is 2. The van der Waals surface area contributed by atoms with Gasteiger partial charge in [-0.1, -0.05) is 18.2 Å². The maximum atomic E-state index is 13.4. The van der Waals surface area contributed by atoms with E-state index in [9.17, 15) is 14.0 Å². The molecule has 1 aromatic rings. The van der Waals surface area contributed by atoms with E-state index in [-0.39, 0.29) is 5.91 Å². The predicted octanol–water partition coefficient (Wildman–Crippen LogP) is 2.74. The van der Waals surface area contributed by atoms with Gasteiger partial charge in [0.25, 0.3) is 0 Å². The first-order chi connectivity index (χ1) is 9.50. The van der Waals surface area contributed by atoms with Crippen LogP contribution in [0.4, 0.5) is 10.1 Å². The third kappa shape index (κ3) is 2.87. The third-order valence-electron chi connectivity index (χ3n) is 3.61. The molecule has 0 saturated heterocycles. The molecule has 1 amide bonds. The molecule has 0 aromatic heterocycles. The highest BCUT2D eigenvalue weighted by Gasteiger charge is 2.34. The van der Waals surface area contributed by atoms with Crippen LogP contribution in [0, 0.1) is 24.6 Å². The molecule has 2 rings (SSSR count). The molecule has 0 saturated carbocycles. The van der Waals surface area contributed by atoms with Gasteiger partial charge in [0.05, 0.1) is 11.8 Å². The Morgan fingerprint density at radius 2 is 1.90 bits per heavy atom. The minimum absolute atomic E-state index is 0.343. The highest BCUT2D eigenvalue weighted by Crippen LogP contribution is 2.28. The van der Waals surface area contributed by atoms with Gasteiger partial charge in [-0.25, -0.2) is 4.39 Å². The number of benzene rings is 1. The maximum Gasteiger partial charge on any atom is 0.307 e. The summed E-state index contributed by atoms with van der Waals surface area (Å²) < 4.78 is 13.4. The van der Waals surface area contributed by atoms with E-state index in [4.69, 9.17) is 5.11 Å². The minimum atomic E-state index is -0.981. The molecule has 0 heterocycles. The summed E-state index contributed by atoms with van der Waals surface area (Å²) in [4.78, 5) is 23.4. The Kier molecular flexibility index (Phi) is 4.17. The zero-order valence-corrected chi connectivity index (χ0v) is 11.1. The number of nitrogens with one attached hydrogen (secondary N) is 1. The van der Waals surface area contributed by atoms with Crippen LogP contribution in [0.1, 0.15) is 18.4 Å².